The largest absolute Gasteiger partial charge is 0.388 e. The average molecular weight is 206 g/mol. The molecule has 2 atom stereocenters. The fraction of sp³-hybridized carbons (Fsp3) is 0.538. The predicted molar refractivity (Wildman–Crippen MR) is 59.7 cm³/mol. The van der Waals surface area contributed by atoms with Crippen molar-refractivity contribution in [2.45, 2.75) is 25.9 Å². The molecule has 1 aromatic carbocycles. The molecule has 0 spiro atoms. The molecule has 15 heavy (non-hydrogen) atoms. The fourth-order valence-corrected chi connectivity index (χ4v) is 2.10. The number of benzene rings is 1. The van der Waals surface area contributed by atoms with Gasteiger partial charge in [0.05, 0.1) is 6.10 Å². The molecule has 0 bridgehead atoms. The summed E-state index contributed by atoms with van der Waals surface area (Å²) in [6, 6.07) is 8.10. The summed E-state index contributed by atoms with van der Waals surface area (Å²) in [4.78, 5) is 0. The number of aliphatic hydroxyl groups is 1. The maximum absolute atomic E-state index is 10.0. The van der Waals surface area contributed by atoms with Crippen LogP contribution in [-0.2, 0) is 4.74 Å². The van der Waals surface area contributed by atoms with Gasteiger partial charge < -0.3 is 9.84 Å². The van der Waals surface area contributed by atoms with Crippen LogP contribution in [0.15, 0.2) is 24.3 Å². The highest BCUT2D eigenvalue weighted by Crippen LogP contribution is 2.26. The zero-order valence-corrected chi connectivity index (χ0v) is 9.15. The van der Waals surface area contributed by atoms with Gasteiger partial charge in [0.15, 0.2) is 0 Å². The first-order valence-corrected chi connectivity index (χ1v) is 5.58. The quantitative estimate of drug-likeness (QED) is 0.823. The van der Waals surface area contributed by atoms with E-state index in [-0.39, 0.29) is 6.10 Å². The lowest BCUT2D eigenvalue weighted by Crippen LogP contribution is -2.07. The molecule has 1 fully saturated rings. The molecule has 1 aliphatic rings. The third-order valence-corrected chi connectivity index (χ3v) is 3.01. The third kappa shape index (κ3) is 2.80. The monoisotopic (exact) mass is 206 g/mol. The van der Waals surface area contributed by atoms with Gasteiger partial charge in [-0.1, -0.05) is 29.8 Å². The van der Waals surface area contributed by atoms with Crippen LogP contribution in [-0.4, -0.2) is 18.3 Å². The molecule has 1 heterocycles. The summed E-state index contributed by atoms with van der Waals surface area (Å²) in [5.74, 6) is 0.528. The number of aryl methyl sites for hydroxylation is 1. The van der Waals surface area contributed by atoms with Crippen LogP contribution in [0.3, 0.4) is 0 Å². The van der Waals surface area contributed by atoms with Crippen molar-refractivity contribution < 1.29 is 9.84 Å². The lowest BCUT2D eigenvalue weighted by Gasteiger charge is -2.15. The number of aliphatic hydroxyl groups excluding tert-OH is 1. The van der Waals surface area contributed by atoms with Crippen LogP contribution >= 0.6 is 0 Å². The molecule has 2 rings (SSSR count). The summed E-state index contributed by atoms with van der Waals surface area (Å²) < 4.78 is 5.31. The molecule has 0 aliphatic carbocycles. The van der Waals surface area contributed by atoms with E-state index in [1.54, 1.807) is 0 Å². The predicted octanol–water partition coefficient (Wildman–Crippen LogP) is 2.46. The highest BCUT2D eigenvalue weighted by Gasteiger charge is 2.20. The Balaban J connectivity index is 1.97. The van der Waals surface area contributed by atoms with Crippen molar-refractivity contribution >= 4 is 0 Å². The van der Waals surface area contributed by atoms with E-state index in [9.17, 15) is 5.11 Å². The average Bonchev–Trinajstić information content (AvgIpc) is 2.70. The first-order chi connectivity index (χ1) is 7.25. The fourth-order valence-electron chi connectivity index (χ4n) is 2.10. The number of hydrogen-bond donors (Lipinski definition) is 1. The molecule has 0 amide bonds. The molecule has 2 unspecified atom stereocenters. The zero-order valence-electron chi connectivity index (χ0n) is 9.15. The lowest BCUT2D eigenvalue weighted by atomic mass is 9.95. The molecule has 2 nitrogen and oxygen atoms in total. The van der Waals surface area contributed by atoms with Gasteiger partial charge in [-0.2, -0.15) is 0 Å². The minimum absolute atomic E-state index is 0.336. The molecule has 1 aromatic rings. The summed E-state index contributed by atoms with van der Waals surface area (Å²) in [5, 5.41) is 10.0. The van der Waals surface area contributed by atoms with E-state index >= 15 is 0 Å². The van der Waals surface area contributed by atoms with Gasteiger partial charge >= 0.3 is 0 Å². The molecule has 0 radical (unpaired) electrons. The summed E-state index contributed by atoms with van der Waals surface area (Å²) in [7, 11) is 0. The lowest BCUT2D eigenvalue weighted by molar-refractivity contribution is 0.129. The Bertz CT molecular complexity index is 316. The van der Waals surface area contributed by atoms with Crippen molar-refractivity contribution in [1.82, 2.24) is 0 Å². The van der Waals surface area contributed by atoms with E-state index in [0.29, 0.717) is 5.92 Å². The Morgan fingerprint density at radius 1 is 1.53 bits per heavy atom. The van der Waals surface area contributed by atoms with Gasteiger partial charge in [0.25, 0.3) is 0 Å². The summed E-state index contributed by atoms with van der Waals surface area (Å²) >= 11 is 0. The highest BCUT2D eigenvalue weighted by atomic mass is 16.5. The highest BCUT2D eigenvalue weighted by molar-refractivity contribution is 5.24. The summed E-state index contributed by atoms with van der Waals surface area (Å²) in [5.41, 5.74) is 2.23. The van der Waals surface area contributed by atoms with Crippen molar-refractivity contribution in [2.75, 3.05) is 13.2 Å². The van der Waals surface area contributed by atoms with E-state index in [2.05, 4.69) is 19.1 Å². The van der Waals surface area contributed by atoms with Crippen LogP contribution in [0.2, 0.25) is 0 Å². The Morgan fingerprint density at radius 2 is 2.40 bits per heavy atom. The molecule has 1 aliphatic heterocycles. The maximum atomic E-state index is 10.0. The van der Waals surface area contributed by atoms with E-state index in [0.717, 1.165) is 31.6 Å². The van der Waals surface area contributed by atoms with Gasteiger partial charge in [-0.05, 0) is 31.2 Å². The van der Waals surface area contributed by atoms with E-state index in [4.69, 9.17) is 4.74 Å². The molecule has 82 valence electrons. The SMILES string of the molecule is Cc1cccc(C(O)CC2CCOC2)c1. The molecule has 1 N–H and O–H groups in total. The van der Waals surface area contributed by atoms with E-state index in [1.807, 2.05) is 12.1 Å². The molecular weight excluding hydrogens is 188 g/mol. The van der Waals surface area contributed by atoms with Crippen molar-refractivity contribution in [1.29, 1.82) is 0 Å². The molecule has 0 saturated carbocycles. The second-order valence-electron chi connectivity index (χ2n) is 4.40. The molecule has 2 heteroatoms. The standard InChI is InChI=1S/C13H18O2/c1-10-3-2-4-12(7-10)13(14)8-11-5-6-15-9-11/h2-4,7,11,13-14H,5-6,8-9H2,1H3. The number of hydrogen-bond acceptors (Lipinski definition) is 2. The van der Waals surface area contributed by atoms with Crippen LogP contribution in [0, 0.1) is 12.8 Å². The Kier molecular flexibility index (Phi) is 3.39. The van der Waals surface area contributed by atoms with Gasteiger partial charge in [-0.3, -0.25) is 0 Å². The topological polar surface area (TPSA) is 29.5 Å². The third-order valence-electron chi connectivity index (χ3n) is 3.01. The van der Waals surface area contributed by atoms with Crippen molar-refractivity contribution in [2.24, 2.45) is 5.92 Å². The second kappa shape index (κ2) is 4.77. The first kappa shape index (κ1) is 10.7. The van der Waals surface area contributed by atoms with Crippen molar-refractivity contribution in [3.8, 4) is 0 Å². The summed E-state index contributed by atoms with van der Waals surface area (Å²) in [6.07, 6.45) is 1.57. The minimum Gasteiger partial charge on any atom is -0.388 e. The number of ether oxygens (including phenoxy) is 1. The Labute approximate surface area is 90.9 Å². The minimum atomic E-state index is -0.336. The van der Waals surface area contributed by atoms with Gasteiger partial charge in [0, 0.05) is 13.2 Å². The van der Waals surface area contributed by atoms with Crippen molar-refractivity contribution in [3.63, 3.8) is 0 Å². The maximum Gasteiger partial charge on any atom is 0.0793 e. The molecule has 1 saturated heterocycles. The van der Waals surface area contributed by atoms with Gasteiger partial charge in [-0.15, -0.1) is 0 Å². The van der Waals surface area contributed by atoms with Crippen LogP contribution in [0.4, 0.5) is 0 Å². The van der Waals surface area contributed by atoms with E-state index in [1.165, 1.54) is 5.56 Å². The van der Waals surface area contributed by atoms with Gasteiger partial charge in [-0.25, -0.2) is 0 Å². The van der Waals surface area contributed by atoms with E-state index < -0.39 is 0 Å². The second-order valence-corrected chi connectivity index (χ2v) is 4.40. The normalized spacial score (nSPS) is 22.9. The number of rotatable bonds is 3. The van der Waals surface area contributed by atoms with Crippen LogP contribution in [0.1, 0.15) is 30.1 Å². The van der Waals surface area contributed by atoms with Gasteiger partial charge in [0.1, 0.15) is 0 Å². The smallest absolute Gasteiger partial charge is 0.0793 e. The Hall–Kier alpha value is -0.860. The first-order valence-electron chi connectivity index (χ1n) is 5.58. The van der Waals surface area contributed by atoms with Crippen molar-refractivity contribution in [3.05, 3.63) is 35.4 Å². The van der Waals surface area contributed by atoms with Gasteiger partial charge in [0.2, 0.25) is 0 Å². The van der Waals surface area contributed by atoms with Crippen LogP contribution in [0.5, 0.6) is 0 Å². The zero-order chi connectivity index (χ0) is 10.7. The Morgan fingerprint density at radius 3 is 3.07 bits per heavy atom. The van der Waals surface area contributed by atoms with Crippen LogP contribution < -0.4 is 0 Å². The van der Waals surface area contributed by atoms with Crippen LogP contribution in [0.25, 0.3) is 0 Å². The molecular formula is C13H18O2. The summed E-state index contributed by atoms with van der Waals surface area (Å²) in [6.45, 7) is 3.71. The molecule has 0 aromatic heterocycles.